The molecular formula is C13H12N2O3. The minimum absolute atomic E-state index is 0.274. The van der Waals surface area contributed by atoms with E-state index in [1.165, 1.54) is 6.42 Å². The number of fused-ring (bicyclic) bond motifs is 1. The summed E-state index contributed by atoms with van der Waals surface area (Å²) >= 11 is 0. The summed E-state index contributed by atoms with van der Waals surface area (Å²) in [6.45, 7) is 0.274. The van der Waals surface area contributed by atoms with E-state index in [1.54, 1.807) is 0 Å². The highest BCUT2D eigenvalue weighted by atomic mass is 16.7. The van der Waals surface area contributed by atoms with Gasteiger partial charge in [-0.25, -0.2) is 0 Å². The van der Waals surface area contributed by atoms with Crippen LogP contribution in [0.3, 0.4) is 0 Å². The zero-order chi connectivity index (χ0) is 11.9. The molecule has 1 aromatic carbocycles. The Hall–Kier alpha value is -2.04. The van der Waals surface area contributed by atoms with E-state index >= 15 is 0 Å². The van der Waals surface area contributed by atoms with Crippen molar-refractivity contribution >= 4 is 0 Å². The molecule has 0 atom stereocenters. The smallest absolute Gasteiger partial charge is 0.247 e. The van der Waals surface area contributed by atoms with E-state index in [4.69, 9.17) is 13.9 Å². The van der Waals surface area contributed by atoms with Crippen molar-refractivity contribution in [1.82, 2.24) is 10.2 Å². The van der Waals surface area contributed by atoms with Crippen molar-refractivity contribution < 1.29 is 13.9 Å². The molecular weight excluding hydrogens is 232 g/mol. The van der Waals surface area contributed by atoms with E-state index in [9.17, 15) is 0 Å². The molecule has 92 valence electrons. The van der Waals surface area contributed by atoms with Crippen LogP contribution < -0.4 is 9.47 Å². The van der Waals surface area contributed by atoms with Crippen molar-refractivity contribution in [1.29, 1.82) is 0 Å². The molecule has 0 unspecified atom stereocenters. The van der Waals surface area contributed by atoms with Gasteiger partial charge in [0, 0.05) is 11.5 Å². The molecule has 4 rings (SSSR count). The minimum atomic E-state index is 0.274. The molecule has 2 heterocycles. The van der Waals surface area contributed by atoms with E-state index in [0.717, 1.165) is 35.8 Å². The Labute approximate surface area is 104 Å². The van der Waals surface area contributed by atoms with Gasteiger partial charge in [0.25, 0.3) is 0 Å². The molecule has 1 aliphatic heterocycles. The van der Waals surface area contributed by atoms with Crippen molar-refractivity contribution in [3.63, 3.8) is 0 Å². The molecule has 2 aliphatic rings. The number of hydrogen-bond acceptors (Lipinski definition) is 5. The Balaban J connectivity index is 1.67. The maximum absolute atomic E-state index is 5.71. The Bertz CT molecular complexity index is 590. The fourth-order valence-corrected chi connectivity index (χ4v) is 2.20. The van der Waals surface area contributed by atoms with Gasteiger partial charge in [0.05, 0.1) is 0 Å². The minimum Gasteiger partial charge on any atom is -0.454 e. The van der Waals surface area contributed by atoms with Crippen molar-refractivity contribution in [3.05, 3.63) is 24.1 Å². The van der Waals surface area contributed by atoms with Crippen LogP contribution >= 0.6 is 0 Å². The number of ether oxygens (including phenoxy) is 2. The molecule has 2 aromatic rings. The van der Waals surface area contributed by atoms with Crippen LogP contribution in [0.25, 0.3) is 11.5 Å². The largest absolute Gasteiger partial charge is 0.454 e. The summed E-state index contributed by atoms with van der Waals surface area (Å²) in [6, 6.07) is 5.65. The second kappa shape index (κ2) is 3.73. The normalized spacial score (nSPS) is 17.8. The highest BCUT2D eigenvalue weighted by Crippen LogP contribution is 2.38. The van der Waals surface area contributed by atoms with Gasteiger partial charge in [-0.3, -0.25) is 0 Å². The van der Waals surface area contributed by atoms with Crippen molar-refractivity contribution in [2.24, 2.45) is 0 Å². The predicted molar refractivity (Wildman–Crippen MR) is 62.4 cm³/mol. The van der Waals surface area contributed by atoms with Crippen LogP contribution in [0.1, 0.15) is 31.1 Å². The lowest BCUT2D eigenvalue weighted by atomic mass is 9.85. The van der Waals surface area contributed by atoms with Crippen LogP contribution in [0, 0.1) is 0 Å². The molecule has 0 saturated heterocycles. The first-order valence-electron chi connectivity index (χ1n) is 6.13. The summed E-state index contributed by atoms with van der Waals surface area (Å²) in [6.07, 6.45) is 3.57. The van der Waals surface area contributed by atoms with Crippen molar-refractivity contribution in [2.45, 2.75) is 25.2 Å². The summed E-state index contributed by atoms with van der Waals surface area (Å²) in [4.78, 5) is 0. The average molecular weight is 244 g/mol. The lowest BCUT2D eigenvalue weighted by Gasteiger charge is -2.20. The SMILES string of the molecule is c1cc2c(cc1-c1nnc(C3CCC3)o1)OCO2. The summed E-state index contributed by atoms with van der Waals surface area (Å²) in [7, 11) is 0. The Morgan fingerprint density at radius 2 is 1.94 bits per heavy atom. The summed E-state index contributed by atoms with van der Waals surface area (Å²) in [5.74, 6) is 3.26. The lowest BCUT2D eigenvalue weighted by Crippen LogP contribution is -2.08. The summed E-state index contributed by atoms with van der Waals surface area (Å²) in [5, 5.41) is 8.22. The van der Waals surface area contributed by atoms with Crippen LogP contribution in [0.5, 0.6) is 11.5 Å². The third-order valence-corrected chi connectivity index (χ3v) is 3.51. The quantitative estimate of drug-likeness (QED) is 0.812. The molecule has 0 N–H and O–H groups in total. The topological polar surface area (TPSA) is 57.4 Å². The maximum Gasteiger partial charge on any atom is 0.247 e. The van der Waals surface area contributed by atoms with Gasteiger partial charge in [-0.2, -0.15) is 0 Å². The number of hydrogen-bond donors (Lipinski definition) is 0. The van der Waals surface area contributed by atoms with Crippen molar-refractivity contribution in [3.8, 4) is 23.0 Å². The average Bonchev–Trinajstić information content (AvgIpc) is 2.93. The number of aromatic nitrogens is 2. The number of benzene rings is 1. The van der Waals surface area contributed by atoms with Crippen molar-refractivity contribution in [2.75, 3.05) is 6.79 Å². The van der Waals surface area contributed by atoms with Gasteiger partial charge in [-0.1, -0.05) is 6.42 Å². The van der Waals surface area contributed by atoms with Crippen LogP contribution in [-0.4, -0.2) is 17.0 Å². The first kappa shape index (κ1) is 9.94. The molecule has 18 heavy (non-hydrogen) atoms. The molecule has 1 saturated carbocycles. The molecule has 0 bridgehead atoms. The van der Waals surface area contributed by atoms with Crippen LogP contribution in [-0.2, 0) is 0 Å². The Morgan fingerprint density at radius 1 is 1.06 bits per heavy atom. The van der Waals surface area contributed by atoms with Gasteiger partial charge in [0.2, 0.25) is 18.6 Å². The first-order chi connectivity index (χ1) is 8.90. The van der Waals surface area contributed by atoms with E-state index in [0.29, 0.717) is 11.8 Å². The molecule has 1 fully saturated rings. The molecule has 1 aromatic heterocycles. The summed E-state index contributed by atoms with van der Waals surface area (Å²) < 4.78 is 16.3. The highest BCUT2D eigenvalue weighted by Gasteiger charge is 2.25. The molecule has 5 heteroatoms. The lowest BCUT2D eigenvalue weighted by molar-refractivity contribution is 0.174. The van der Waals surface area contributed by atoms with E-state index in [2.05, 4.69) is 10.2 Å². The van der Waals surface area contributed by atoms with E-state index in [1.807, 2.05) is 18.2 Å². The fraction of sp³-hybridized carbons (Fsp3) is 0.385. The monoisotopic (exact) mass is 244 g/mol. The standard InChI is InChI=1S/C13H12N2O3/c1-2-8(3-1)12-14-15-13(18-12)9-4-5-10-11(6-9)17-7-16-10/h4-6,8H,1-3,7H2. The van der Waals surface area contributed by atoms with Gasteiger partial charge in [0.1, 0.15) is 0 Å². The number of rotatable bonds is 2. The number of nitrogens with zero attached hydrogens (tertiary/aromatic N) is 2. The fourth-order valence-electron chi connectivity index (χ4n) is 2.20. The Morgan fingerprint density at radius 3 is 2.78 bits per heavy atom. The van der Waals surface area contributed by atoms with Crippen LogP contribution in [0.15, 0.2) is 22.6 Å². The first-order valence-corrected chi connectivity index (χ1v) is 6.13. The van der Waals surface area contributed by atoms with Gasteiger partial charge < -0.3 is 13.9 Å². The van der Waals surface area contributed by atoms with E-state index < -0.39 is 0 Å². The van der Waals surface area contributed by atoms with Gasteiger partial charge >= 0.3 is 0 Å². The van der Waals surface area contributed by atoms with E-state index in [-0.39, 0.29) is 6.79 Å². The maximum atomic E-state index is 5.71. The molecule has 5 nitrogen and oxygen atoms in total. The molecule has 0 spiro atoms. The second-order valence-corrected chi connectivity index (χ2v) is 4.64. The van der Waals surface area contributed by atoms with Gasteiger partial charge in [-0.15, -0.1) is 10.2 Å². The third-order valence-electron chi connectivity index (χ3n) is 3.51. The van der Waals surface area contributed by atoms with Gasteiger partial charge in [0.15, 0.2) is 11.5 Å². The second-order valence-electron chi connectivity index (χ2n) is 4.64. The highest BCUT2D eigenvalue weighted by molar-refractivity contribution is 5.60. The van der Waals surface area contributed by atoms with Gasteiger partial charge in [-0.05, 0) is 31.0 Å². The molecule has 0 radical (unpaired) electrons. The zero-order valence-electron chi connectivity index (χ0n) is 9.76. The summed E-state index contributed by atoms with van der Waals surface area (Å²) in [5.41, 5.74) is 0.873. The van der Waals surface area contributed by atoms with Crippen LogP contribution in [0.2, 0.25) is 0 Å². The third kappa shape index (κ3) is 1.47. The molecule has 1 aliphatic carbocycles. The zero-order valence-corrected chi connectivity index (χ0v) is 9.76. The predicted octanol–water partition coefficient (Wildman–Crippen LogP) is 2.73. The van der Waals surface area contributed by atoms with Crippen LogP contribution in [0.4, 0.5) is 0 Å². The molecule has 0 amide bonds. The Kier molecular flexibility index (Phi) is 2.06.